The summed E-state index contributed by atoms with van der Waals surface area (Å²) in [5, 5.41) is 0. The van der Waals surface area contributed by atoms with E-state index in [0.29, 0.717) is 144 Å². The largest absolute Gasteiger partial charge is 0.463 e. The first kappa shape index (κ1) is 37.6. The Morgan fingerprint density at radius 2 is 0.848 bits per heavy atom. The lowest BCUT2D eigenvalue weighted by molar-refractivity contribution is -0.153. The van der Waals surface area contributed by atoms with Gasteiger partial charge in [0.15, 0.2) is 0 Å². The molecule has 0 aliphatic heterocycles. The Labute approximate surface area is 274 Å². The predicted octanol–water partition coefficient (Wildman–Crippen LogP) is 2.42. The average Bonchev–Trinajstić information content (AvgIpc) is 3.87. The Morgan fingerprint density at radius 1 is 0.478 bits per heavy atom. The fourth-order valence-electron chi connectivity index (χ4n) is 7.60. The van der Waals surface area contributed by atoms with E-state index < -0.39 is 0 Å². The molecule has 0 amide bonds. The van der Waals surface area contributed by atoms with Crippen LogP contribution in [0.5, 0.6) is 0 Å². The number of ether oxygens (including phenoxy) is 11. The van der Waals surface area contributed by atoms with Crippen LogP contribution in [0.3, 0.4) is 0 Å². The van der Waals surface area contributed by atoms with Gasteiger partial charge in [0.25, 0.3) is 0 Å². The van der Waals surface area contributed by atoms with Gasteiger partial charge in [0.1, 0.15) is 6.61 Å². The van der Waals surface area contributed by atoms with E-state index in [0.717, 1.165) is 30.1 Å². The van der Waals surface area contributed by atoms with Crippen LogP contribution in [0.15, 0.2) is 12.2 Å². The summed E-state index contributed by atoms with van der Waals surface area (Å²) in [5.41, 5.74) is 0. The zero-order valence-electron chi connectivity index (χ0n) is 27.9. The third-order valence-electron chi connectivity index (χ3n) is 9.45. The van der Waals surface area contributed by atoms with Gasteiger partial charge in [-0.2, -0.15) is 0 Å². The van der Waals surface area contributed by atoms with Crippen LogP contribution in [0, 0.1) is 41.4 Å². The second-order valence-corrected chi connectivity index (χ2v) is 12.3. The lowest BCUT2D eigenvalue weighted by atomic mass is 9.69. The van der Waals surface area contributed by atoms with Gasteiger partial charge in [-0.15, -0.1) is 0 Å². The first-order valence-corrected chi connectivity index (χ1v) is 17.3. The molecule has 266 valence electrons. The Kier molecular flexibility index (Phi) is 19.0. The molecule has 0 N–H and O–H groups in total. The van der Waals surface area contributed by atoms with Crippen molar-refractivity contribution in [3.8, 4) is 0 Å². The zero-order chi connectivity index (χ0) is 32.1. The maximum Gasteiger partial charge on any atom is 0.309 e. The van der Waals surface area contributed by atoms with Crippen LogP contribution in [-0.4, -0.2) is 145 Å². The van der Waals surface area contributed by atoms with Crippen LogP contribution >= 0.6 is 0 Å². The van der Waals surface area contributed by atoms with E-state index in [-0.39, 0.29) is 11.9 Å². The Hall–Kier alpha value is -1.19. The van der Waals surface area contributed by atoms with Crippen molar-refractivity contribution in [1.29, 1.82) is 0 Å². The van der Waals surface area contributed by atoms with Gasteiger partial charge in [-0.25, -0.2) is 0 Å². The van der Waals surface area contributed by atoms with Gasteiger partial charge in [-0.1, -0.05) is 12.2 Å². The van der Waals surface area contributed by atoms with Crippen molar-refractivity contribution >= 4 is 5.97 Å². The normalized spacial score (nSPS) is 27.2. The van der Waals surface area contributed by atoms with E-state index in [9.17, 15) is 4.79 Å². The molecule has 4 rings (SSSR count). The van der Waals surface area contributed by atoms with Crippen LogP contribution in [0.1, 0.15) is 19.3 Å². The Bertz CT molecular complexity index is 828. The fourth-order valence-corrected chi connectivity index (χ4v) is 7.60. The van der Waals surface area contributed by atoms with Gasteiger partial charge in [-0.05, 0) is 54.8 Å². The van der Waals surface area contributed by atoms with Gasteiger partial charge in [0.2, 0.25) is 0 Å². The molecule has 7 unspecified atom stereocenters. The standard InChI is InChI=1S/C34H58O12/c1-36-4-5-37-6-7-38-8-9-39-10-11-40-12-13-41-14-15-42-16-17-43-18-19-44-20-21-45-22-23-46-34(35)31-26-29-25-30(31)33-28-3-2-27(24-28)32(29)33/h2-3,27-33H,4-26H2,1H3. The van der Waals surface area contributed by atoms with Crippen LogP contribution in [0.2, 0.25) is 0 Å². The van der Waals surface area contributed by atoms with E-state index in [2.05, 4.69) is 12.2 Å². The second-order valence-electron chi connectivity index (χ2n) is 12.3. The summed E-state index contributed by atoms with van der Waals surface area (Å²) >= 11 is 0. The predicted molar refractivity (Wildman–Crippen MR) is 168 cm³/mol. The average molecular weight is 659 g/mol. The topological polar surface area (TPSA) is 119 Å². The van der Waals surface area contributed by atoms with Crippen LogP contribution < -0.4 is 0 Å². The molecule has 4 aliphatic carbocycles. The molecule has 0 aromatic heterocycles. The molecule has 4 aliphatic rings. The van der Waals surface area contributed by atoms with Crippen molar-refractivity contribution in [2.45, 2.75) is 19.3 Å². The monoisotopic (exact) mass is 658 g/mol. The Balaban J connectivity index is 0.792. The highest BCUT2D eigenvalue weighted by Crippen LogP contribution is 2.67. The van der Waals surface area contributed by atoms with E-state index in [1.165, 1.54) is 12.8 Å². The summed E-state index contributed by atoms with van der Waals surface area (Å²) < 4.78 is 59.7. The van der Waals surface area contributed by atoms with Crippen molar-refractivity contribution in [1.82, 2.24) is 0 Å². The first-order chi connectivity index (χ1) is 22.8. The first-order valence-electron chi connectivity index (χ1n) is 17.3. The molecule has 12 heteroatoms. The van der Waals surface area contributed by atoms with Gasteiger partial charge in [0.05, 0.1) is 131 Å². The smallest absolute Gasteiger partial charge is 0.309 e. The molecule has 7 atom stereocenters. The van der Waals surface area contributed by atoms with Crippen molar-refractivity contribution in [2.75, 3.05) is 139 Å². The van der Waals surface area contributed by atoms with E-state index in [4.69, 9.17) is 52.1 Å². The number of carbonyl (C=O) groups is 1. The molecule has 0 aromatic carbocycles. The molecule has 0 heterocycles. The lowest BCUT2D eigenvalue weighted by Gasteiger charge is -2.35. The summed E-state index contributed by atoms with van der Waals surface area (Å²) in [6.07, 6.45) is 8.42. The van der Waals surface area contributed by atoms with Crippen LogP contribution in [0.4, 0.5) is 0 Å². The lowest BCUT2D eigenvalue weighted by Crippen LogP contribution is -2.35. The molecule has 12 nitrogen and oxygen atoms in total. The third kappa shape index (κ3) is 13.0. The van der Waals surface area contributed by atoms with Gasteiger partial charge >= 0.3 is 5.97 Å². The third-order valence-corrected chi connectivity index (χ3v) is 9.45. The second kappa shape index (κ2) is 23.2. The van der Waals surface area contributed by atoms with Crippen molar-refractivity contribution < 1.29 is 56.9 Å². The molecule has 0 radical (unpaired) electrons. The Morgan fingerprint density at radius 3 is 1.26 bits per heavy atom. The number of methoxy groups -OCH3 is 1. The molecule has 0 aromatic rings. The van der Waals surface area contributed by atoms with Crippen LogP contribution in [-0.2, 0) is 56.9 Å². The van der Waals surface area contributed by atoms with E-state index >= 15 is 0 Å². The molecule has 3 saturated carbocycles. The van der Waals surface area contributed by atoms with Crippen molar-refractivity contribution in [3.05, 3.63) is 12.2 Å². The van der Waals surface area contributed by atoms with Gasteiger partial charge < -0.3 is 52.1 Å². The number of carbonyl (C=O) groups excluding carboxylic acids is 1. The zero-order valence-corrected chi connectivity index (χ0v) is 27.9. The number of fused-ring (bicyclic) bond motifs is 9. The highest BCUT2D eigenvalue weighted by Gasteiger charge is 2.62. The van der Waals surface area contributed by atoms with Crippen molar-refractivity contribution in [2.24, 2.45) is 41.4 Å². The number of rotatable bonds is 31. The minimum atomic E-state index is -0.0101. The van der Waals surface area contributed by atoms with Gasteiger partial charge in [0, 0.05) is 7.11 Å². The van der Waals surface area contributed by atoms with Gasteiger partial charge in [-0.3, -0.25) is 4.79 Å². The minimum Gasteiger partial charge on any atom is -0.463 e. The molecule has 4 bridgehead atoms. The highest BCUT2D eigenvalue weighted by atomic mass is 16.6. The summed E-state index contributed by atoms with van der Waals surface area (Å²) in [5.74, 6) is 4.42. The van der Waals surface area contributed by atoms with Crippen molar-refractivity contribution in [3.63, 3.8) is 0 Å². The SMILES string of the molecule is COCCOCCOCCOCCOCCOCCOCCOCCOCCOCCOC(=O)C1CC2CC1C1C3C=CC(C3)C21. The fraction of sp³-hybridized carbons (Fsp3) is 0.912. The summed E-state index contributed by atoms with van der Waals surface area (Å²) in [6.45, 7) is 10.1. The molecule has 0 saturated heterocycles. The molecular weight excluding hydrogens is 600 g/mol. The maximum atomic E-state index is 12.7. The molecule has 0 spiro atoms. The summed E-state index contributed by atoms with van der Waals surface area (Å²) in [7, 11) is 1.65. The number of allylic oxidation sites excluding steroid dienone is 2. The number of hydrogen-bond donors (Lipinski definition) is 0. The summed E-state index contributed by atoms with van der Waals surface area (Å²) in [6, 6.07) is 0. The summed E-state index contributed by atoms with van der Waals surface area (Å²) in [4.78, 5) is 12.7. The van der Waals surface area contributed by atoms with Crippen LogP contribution in [0.25, 0.3) is 0 Å². The number of hydrogen-bond acceptors (Lipinski definition) is 12. The minimum absolute atomic E-state index is 0.0101. The quantitative estimate of drug-likeness (QED) is 0.0471. The molecular formula is C34H58O12. The maximum absolute atomic E-state index is 12.7. The van der Waals surface area contributed by atoms with E-state index in [1.807, 2.05) is 0 Å². The molecule has 3 fully saturated rings. The molecule has 46 heavy (non-hydrogen) atoms. The number of esters is 1. The highest BCUT2D eigenvalue weighted by molar-refractivity contribution is 5.73. The van der Waals surface area contributed by atoms with E-state index in [1.54, 1.807) is 7.11 Å².